The molecule has 0 radical (unpaired) electrons. The summed E-state index contributed by atoms with van der Waals surface area (Å²) in [6.45, 7) is 10.3. The fourth-order valence-electron chi connectivity index (χ4n) is 6.63. The molecule has 140 valence electrons. The highest BCUT2D eigenvalue weighted by atomic mass is 16.5. The maximum absolute atomic E-state index is 12.2. The van der Waals surface area contributed by atoms with Crippen molar-refractivity contribution >= 4 is 0 Å². The molecule has 26 heavy (non-hydrogen) atoms. The van der Waals surface area contributed by atoms with Crippen molar-refractivity contribution in [2.75, 3.05) is 20.2 Å². The highest BCUT2D eigenvalue weighted by Gasteiger charge is 2.74. The summed E-state index contributed by atoms with van der Waals surface area (Å²) in [6, 6.07) is 4.35. The zero-order chi connectivity index (χ0) is 18.3. The predicted molar refractivity (Wildman–Crippen MR) is 101 cm³/mol. The molecule has 1 aromatic carbocycles. The Bertz CT molecular complexity index is 788. The molecular weight excluding hydrogens is 326 g/mol. The van der Waals surface area contributed by atoms with Gasteiger partial charge in [-0.15, -0.1) is 6.58 Å². The van der Waals surface area contributed by atoms with E-state index in [4.69, 9.17) is 9.47 Å². The van der Waals surface area contributed by atoms with Gasteiger partial charge in [0, 0.05) is 23.6 Å². The van der Waals surface area contributed by atoms with Crippen molar-refractivity contribution in [1.82, 2.24) is 4.90 Å². The summed E-state index contributed by atoms with van der Waals surface area (Å²) in [6.07, 6.45) is 5.55. The Balaban J connectivity index is 1.79. The SMILES string of the molecule is C=CCN1CC[C@@]23c4c5ccc(OC)c4O[C@@H]2C(C)(C)CC[C@]3(O)[C@@H]1C5. The fraction of sp³-hybridized carbons (Fsp3) is 0.636. The van der Waals surface area contributed by atoms with Crippen molar-refractivity contribution in [3.63, 3.8) is 0 Å². The Hall–Kier alpha value is -1.52. The lowest BCUT2D eigenvalue weighted by Gasteiger charge is -2.65. The molecule has 0 aromatic heterocycles. The van der Waals surface area contributed by atoms with Gasteiger partial charge in [0.25, 0.3) is 0 Å². The van der Waals surface area contributed by atoms with Crippen molar-refractivity contribution in [3.8, 4) is 11.5 Å². The molecule has 4 heteroatoms. The largest absolute Gasteiger partial charge is 0.493 e. The standard InChI is InChI=1S/C22H29NO3/c1-5-11-23-12-10-21-17-14-6-7-15(25-4)18(17)26-19(21)20(2,3)8-9-22(21,24)16(23)13-14/h5-7,16,19,24H,1,8-13H2,2-4H3/t16-,19+,21+,22-/m0/s1. The summed E-state index contributed by atoms with van der Waals surface area (Å²) in [5, 5.41) is 12.2. The van der Waals surface area contributed by atoms with E-state index < -0.39 is 5.60 Å². The Morgan fingerprint density at radius 1 is 1.35 bits per heavy atom. The van der Waals surface area contributed by atoms with Gasteiger partial charge in [-0.05, 0) is 43.9 Å². The number of aliphatic hydroxyl groups is 1. The van der Waals surface area contributed by atoms with Crippen LogP contribution < -0.4 is 9.47 Å². The molecule has 1 N–H and O–H groups in total. The van der Waals surface area contributed by atoms with Gasteiger partial charge in [-0.25, -0.2) is 0 Å². The highest BCUT2D eigenvalue weighted by Crippen LogP contribution is 2.68. The first-order valence-electron chi connectivity index (χ1n) is 9.83. The van der Waals surface area contributed by atoms with Crippen molar-refractivity contribution in [2.45, 2.75) is 62.7 Å². The molecule has 2 bridgehead atoms. The van der Waals surface area contributed by atoms with Crippen LogP contribution in [0.15, 0.2) is 24.8 Å². The smallest absolute Gasteiger partial charge is 0.165 e. The van der Waals surface area contributed by atoms with E-state index in [0.717, 1.165) is 50.3 Å². The minimum Gasteiger partial charge on any atom is -0.493 e. The molecule has 1 saturated carbocycles. The number of hydrogen-bond donors (Lipinski definition) is 1. The summed E-state index contributed by atoms with van der Waals surface area (Å²) >= 11 is 0. The highest BCUT2D eigenvalue weighted by molar-refractivity contribution is 5.63. The minimum atomic E-state index is -0.751. The van der Waals surface area contributed by atoms with Gasteiger partial charge in [0.1, 0.15) is 6.10 Å². The normalized spacial score (nSPS) is 39.1. The van der Waals surface area contributed by atoms with Crippen LogP contribution in [0, 0.1) is 5.41 Å². The molecule has 2 aliphatic heterocycles. The van der Waals surface area contributed by atoms with Crippen LogP contribution in [0.2, 0.25) is 0 Å². The number of nitrogens with zero attached hydrogens (tertiary/aromatic N) is 1. The summed E-state index contributed by atoms with van der Waals surface area (Å²) in [4.78, 5) is 2.43. The molecule has 5 rings (SSSR count). The molecule has 2 heterocycles. The second kappa shape index (κ2) is 5.05. The Kier molecular flexibility index (Phi) is 3.23. The van der Waals surface area contributed by atoms with Crippen LogP contribution in [-0.4, -0.2) is 48.0 Å². The van der Waals surface area contributed by atoms with E-state index in [1.807, 2.05) is 12.1 Å². The van der Waals surface area contributed by atoms with Crippen molar-refractivity contribution < 1.29 is 14.6 Å². The number of ether oxygens (including phenoxy) is 2. The van der Waals surface area contributed by atoms with E-state index in [1.54, 1.807) is 7.11 Å². The summed E-state index contributed by atoms with van der Waals surface area (Å²) in [7, 11) is 1.71. The molecule has 1 aromatic rings. The van der Waals surface area contributed by atoms with Gasteiger partial charge < -0.3 is 14.6 Å². The van der Waals surface area contributed by atoms with Gasteiger partial charge in [0.15, 0.2) is 11.5 Å². The third-order valence-corrected chi connectivity index (χ3v) is 7.75. The number of piperidine rings is 1. The van der Waals surface area contributed by atoms with E-state index in [2.05, 4.69) is 31.4 Å². The van der Waals surface area contributed by atoms with Crippen LogP contribution in [0.1, 0.15) is 44.2 Å². The van der Waals surface area contributed by atoms with E-state index in [0.29, 0.717) is 0 Å². The van der Waals surface area contributed by atoms with Gasteiger partial charge in [0.2, 0.25) is 0 Å². The monoisotopic (exact) mass is 355 g/mol. The topological polar surface area (TPSA) is 41.9 Å². The zero-order valence-corrected chi connectivity index (χ0v) is 16.0. The number of rotatable bonds is 3. The maximum atomic E-state index is 12.2. The molecule has 4 atom stereocenters. The van der Waals surface area contributed by atoms with E-state index in [-0.39, 0.29) is 23.0 Å². The average molecular weight is 355 g/mol. The number of benzene rings is 1. The lowest BCUT2D eigenvalue weighted by molar-refractivity contribution is -0.209. The van der Waals surface area contributed by atoms with Gasteiger partial charge in [-0.2, -0.15) is 0 Å². The zero-order valence-electron chi connectivity index (χ0n) is 16.0. The van der Waals surface area contributed by atoms with E-state index in [9.17, 15) is 5.11 Å². The molecule has 4 nitrogen and oxygen atoms in total. The predicted octanol–water partition coefficient (Wildman–Crippen LogP) is 3.06. The second-order valence-electron chi connectivity index (χ2n) is 9.27. The van der Waals surface area contributed by atoms with Gasteiger partial charge in [-0.3, -0.25) is 4.90 Å². The van der Waals surface area contributed by atoms with Gasteiger partial charge in [0.05, 0.1) is 18.1 Å². The van der Waals surface area contributed by atoms with E-state index >= 15 is 0 Å². The Labute approximate surface area is 155 Å². The summed E-state index contributed by atoms with van der Waals surface area (Å²) < 4.78 is 12.3. The van der Waals surface area contributed by atoms with Crippen LogP contribution in [0.3, 0.4) is 0 Å². The minimum absolute atomic E-state index is 0.00696. The average Bonchev–Trinajstić information content (AvgIpc) is 2.97. The lowest BCUT2D eigenvalue weighted by Crippen LogP contribution is -2.77. The first kappa shape index (κ1) is 16.6. The molecule has 0 unspecified atom stereocenters. The first-order valence-corrected chi connectivity index (χ1v) is 9.83. The Morgan fingerprint density at radius 3 is 2.88 bits per heavy atom. The summed E-state index contributed by atoms with van der Waals surface area (Å²) in [5.74, 6) is 1.69. The second-order valence-corrected chi connectivity index (χ2v) is 9.27. The fourth-order valence-corrected chi connectivity index (χ4v) is 6.63. The maximum Gasteiger partial charge on any atom is 0.165 e. The number of methoxy groups -OCH3 is 1. The number of likely N-dealkylation sites (tertiary alicyclic amines) is 1. The van der Waals surface area contributed by atoms with E-state index in [1.165, 1.54) is 11.1 Å². The van der Waals surface area contributed by atoms with Crippen LogP contribution in [-0.2, 0) is 11.8 Å². The van der Waals surface area contributed by atoms with Gasteiger partial charge in [-0.1, -0.05) is 26.0 Å². The lowest BCUT2D eigenvalue weighted by atomic mass is 9.45. The van der Waals surface area contributed by atoms with Crippen LogP contribution in [0.4, 0.5) is 0 Å². The third kappa shape index (κ3) is 1.68. The molecule has 0 amide bonds. The molecule has 1 saturated heterocycles. The van der Waals surface area contributed by atoms with Crippen LogP contribution >= 0.6 is 0 Å². The first-order chi connectivity index (χ1) is 12.4. The number of hydrogen-bond acceptors (Lipinski definition) is 4. The molecule has 4 aliphatic rings. The molecular formula is C22H29NO3. The molecule has 2 fully saturated rings. The summed E-state index contributed by atoms with van der Waals surface area (Å²) in [5.41, 5.74) is 1.51. The third-order valence-electron chi connectivity index (χ3n) is 7.75. The quantitative estimate of drug-likeness (QED) is 0.846. The van der Waals surface area contributed by atoms with Gasteiger partial charge >= 0.3 is 0 Å². The van der Waals surface area contributed by atoms with Crippen molar-refractivity contribution in [1.29, 1.82) is 0 Å². The molecule has 1 spiro atoms. The molecule has 2 aliphatic carbocycles. The van der Waals surface area contributed by atoms with Crippen molar-refractivity contribution in [2.24, 2.45) is 5.41 Å². The van der Waals surface area contributed by atoms with Crippen LogP contribution in [0.5, 0.6) is 11.5 Å². The van der Waals surface area contributed by atoms with Crippen LogP contribution in [0.25, 0.3) is 0 Å². The Morgan fingerprint density at radius 2 is 2.15 bits per heavy atom. The van der Waals surface area contributed by atoms with Crippen molar-refractivity contribution in [3.05, 3.63) is 35.9 Å².